The first-order chi connectivity index (χ1) is 10.8. The number of aromatic nitrogens is 2. The van der Waals surface area contributed by atoms with Gasteiger partial charge in [-0.05, 0) is 17.7 Å². The van der Waals surface area contributed by atoms with E-state index in [0.717, 1.165) is 43.4 Å². The molecule has 1 unspecified atom stereocenters. The summed E-state index contributed by atoms with van der Waals surface area (Å²) in [5.74, 6) is 0.657. The van der Waals surface area contributed by atoms with Gasteiger partial charge in [-0.25, -0.2) is 0 Å². The van der Waals surface area contributed by atoms with Gasteiger partial charge in [0.2, 0.25) is 0 Å². The van der Waals surface area contributed by atoms with Crippen molar-refractivity contribution >= 4 is 23.0 Å². The van der Waals surface area contributed by atoms with Gasteiger partial charge in [-0.3, -0.25) is 0 Å². The molecule has 1 aromatic heterocycles. The molecule has 0 bridgehead atoms. The van der Waals surface area contributed by atoms with Crippen molar-refractivity contribution in [1.29, 1.82) is 0 Å². The van der Waals surface area contributed by atoms with Crippen molar-refractivity contribution < 1.29 is 4.74 Å². The van der Waals surface area contributed by atoms with Crippen LogP contribution in [0.1, 0.15) is 17.2 Å². The van der Waals surface area contributed by atoms with Crippen molar-refractivity contribution in [3.63, 3.8) is 0 Å². The molecule has 0 amide bonds. The van der Waals surface area contributed by atoms with Crippen LogP contribution in [-0.4, -0.2) is 41.5 Å². The Balaban J connectivity index is 1.85. The van der Waals surface area contributed by atoms with Gasteiger partial charge < -0.3 is 15.4 Å². The smallest absolute Gasteiger partial charge is 0.151 e. The number of rotatable bonds is 4. The molecule has 2 N–H and O–H groups in total. The maximum absolute atomic E-state index is 5.92. The first kappa shape index (κ1) is 14.9. The van der Waals surface area contributed by atoms with Crippen LogP contribution in [-0.2, 0) is 4.74 Å². The monoisotopic (exact) mass is 314 g/mol. The summed E-state index contributed by atoms with van der Waals surface area (Å²) in [7, 11) is 0. The Labute approximate surface area is 135 Å². The highest BCUT2D eigenvalue weighted by atomic mass is 32.1. The molecule has 0 aliphatic carbocycles. The lowest BCUT2D eigenvalue weighted by molar-refractivity contribution is 0.122. The van der Waals surface area contributed by atoms with Gasteiger partial charge in [0, 0.05) is 13.1 Å². The first-order valence-electron chi connectivity index (χ1n) is 7.26. The molecule has 22 heavy (non-hydrogen) atoms. The van der Waals surface area contributed by atoms with Gasteiger partial charge in [-0.2, -0.15) is 5.10 Å². The van der Waals surface area contributed by atoms with Gasteiger partial charge in [0.25, 0.3) is 0 Å². The molecule has 2 aromatic rings. The maximum atomic E-state index is 5.92. The summed E-state index contributed by atoms with van der Waals surface area (Å²) in [5.41, 5.74) is 7.72. The van der Waals surface area contributed by atoms with Crippen LogP contribution in [0.25, 0.3) is 0 Å². The number of benzene rings is 1. The van der Waals surface area contributed by atoms with E-state index in [2.05, 4.69) is 15.1 Å². The van der Waals surface area contributed by atoms with E-state index in [-0.39, 0.29) is 5.92 Å². The fourth-order valence-corrected chi connectivity index (χ4v) is 2.83. The fraction of sp³-hybridized carbons (Fsp3) is 0.312. The Hall–Kier alpha value is -2.05. The average molecular weight is 314 g/mol. The summed E-state index contributed by atoms with van der Waals surface area (Å²) < 4.78 is 5.35. The molecule has 1 atom stereocenters. The lowest BCUT2D eigenvalue weighted by atomic mass is 9.95. The van der Waals surface area contributed by atoms with Gasteiger partial charge in [-0.15, -0.1) is 5.10 Å². The van der Waals surface area contributed by atoms with E-state index in [1.807, 2.05) is 42.5 Å². The van der Waals surface area contributed by atoms with Crippen molar-refractivity contribution in [1.82, 2.24) is 10.2 Å². The first-order valence-corrected chi connectivity index (χ1v) is 7.67. The number of thiocarbonyl (C=S) groups is 1. The lowest BCUT2D eigenvalue weighted by Gasteiger charge is -2.27. The topological polar surface area (TPSA) is 64.3 Å². The van der Waals surface area contributed by atoms with Crippen LogP contribution in [0.5, 0.6) is 0 Å². The predicted octanol–water partition coefficient (Wildman–Crippen LogP) is 1.73. The van der Waals surface area contributed by atoms with Crippen LogP contribution in [0.4, 0.5) is 5.82 Å². The minimum atomic E-state index is -0.206. The average Bonchev–Trinajstić information content (AvgIpc) is 2.57. The molecule has 1 aliphatic heterocycles. The van der Waals surface area contributed by atoms with Crippen molar-refractivity contribution in [3.05, 3.63) is 53.7 Å². The standard InChI is InChI=1S/C16H18N4OS/c17-16(22)15(12-4-2-1-3-5-12)13-6-7-14(19-18-13)20-8-10-21-11-9-20/h1-7,15H,8-11H2,(H2,17,22). The number of nitrogens with zero attached hydrogens (tertiary/aromatic N) is 3. The minimum absolute atomic E-state index is 0.206. The summed E-state index contributed by atoms with van der Waals surface area (Å²) in [6, 6.07) is 13.8. The van der Waals surface area contributed by atoms with Crippen LogP contribution in [0.3, 0.4) is 0 Å². The van der Waals surface area contributed by atoms with E-state index < -0.39 is 0 Å². The zero-order valence-corrected chi connectivity index (χ0v) is 13.0. The van der Waals surface area contributed by atoms with E-state index in [1.165, 1.54) is 0 Å². The van der Waals surface area contributed by atoms with Crippen LogP contribution >= 0.6 is 12.2 Å². The van der Waals surface area contributed by atoms with E-state index in [1.54, 1.807) is 0 Å². The largest absolute Gasteiger partial charge is 0.392 e. The molecule has 114 valence electrons. The van der Waals surface area contributed by atoms with Gasteiger partial charge in [0.1, 0.15) is 0 Å². The zero-order chi connectivity index (χ0) is 15.4. The van der Waals surface area contributed by atoms with Gasteiger partial charge in [0.15, 0.2) is 5.82 Å². The van der Waals surface area contributed by atoms with Crippen LogP contribution in [0.15, 0.2) is 42.5 Å². The molecule has 1 aliphatic rings. The summed E-state index contributed by atoms with van der Waals surface area (Å²) in [4.78, 5) is 2.57. The van der Waals surface area contributed by atoms with Crippen LogP contribution in [0.2, 0.25) is 0 Å². The number of morpholine rings is 1. The summed E-state index contributed by atoms with van der Waals surface area (Å²) in [6.45, 7) is 3.13. The number of anilines is 1. The maximum Gasteiger partial charge on any atom is 0.151 e. The highest BCUT2D eigenvalue weighted by molar-refractivity contribution is 7.80. The SMILES string of the molecule is NC(=S)C(c1ccccc1)c1ccc(N2CCOCC2)nn1. The molecule has 1 aromatic carbocycles. The highest BCUT2D eigenvalue weighted by Crippen LogP contribution is 2.24. The number of hydrogen-bond donors (Lipinski definition) is 1. The molecular weight excluding hydrogens is 296 g/mol. The normalized spacial score (nSPS) is 16.3. The molecule has 5 nitrogen and oxygen atoms in total. The molecule has 2 heterocycles. The summed E-state index contributed by atoms with van der Waals surface area (Å²) in [6.07, 6.45) is 0. The second-order valence-electron chi connectivity index (χ2n) is 5.16. The third kappa shape index (κ3) is 3.23. The van der Waals surface area contributed by atoms with Crippen molar-refractivity contribution in [2.24, 2.45) is 5.73 Å². The van der Waals surface area contributed by atoms with Crippen LogP contribution < -0.4 is 10.6 Å². The number of ether oxygens (including phenoxy) is 1. The zero-order valence-electron chi connectivity index (χ0n) is 12.2. The van der Waals surface area contributed by atoms with Gasteiger partial charge >= 0.3 is 0 Å². The highest BCUT2D eigenvalue weighted by Gasteiger charge is 2.20. The van der Waals surface area contributed by atoms with Crippen molar-refractivity contribution in [3.8, 4) is 0 Å². The van der Waals surface area contributed by atoms with Gasteiger partial charge in [-0.1, -0.05) is 42.5 Å². The Bertz CT molecular complexity index is 626. The summed E-state index contributed by atoms with van der Waals surface area (Å²) >= 11 is 5.22. The third-order valence-electron chi connectivity index (χ3n) is 3.72. The minimum Gasteiger partial charge on any atom is -0.392 e. The number of nitrogens with two attached hydrogens (primary N) is 1. The Kier molecular flexibility index (Phi) is 4.60. The van der Waals surface area contributed by atoms with Crippen LogP contribution in [0, 0.1) is 0 Å². The Morgan fingerprint density at radius 3 is 2.41 bits per heavy atom. The number of hydrogen-bond acceptors (Lipinski definition) is 5. The predicted molar refractivity (Wildman–Crippen MR) is 90.1 cm³/mol. The fourth-order valence-electron chi connectivity index (χ4n) is 2.58. The second-order valence-corrected chi connectivity index (χ2v) is 5.63. The third-order valence-corrected chi connectivity index (χ3v) is 3.96. The van der Waals surface area contributed by atoms with Crippen molar-refractivity contribution in [2.75, 3.05) is 31.2 Å². The molecule has 1 saturated heterocycles. The molecule has 0 spiro atoms. The lowest BCUT2D eigenvalue weighted by Crippen LogP contribution is -2.37. The Morgan fingerprint density at radius 1 is 1.09 bits per heavy atom. The van der Waals surface area contributed by atoms with E-state index >= 15 is 0 Å². The van der Waals surface area contributed by atoms with Gasteiger partial charge in [0.05, 0.1) is 29.8 Å². The molecular formula is C16H18N4OS. The van der Waals surface area contributed by atoms with E-state index in [4.69, 9.17) is 22.7 Å². The molecule has 1 fully saturated rings. The van der Waals surface area contributed by atoms with E-state index in [9.17, 15) is 0 Å². The quantitative estimate of drug-likeness (QED) is 0.867. The van der Waals surface area contributed by atoms with E-state index in [0.29, 0.717) is 4.99 Å². The molecule has 6 heteroatoms. The second kappa shape index (κ2) is 6.81. The molecule has 0 saturated carbocycles. The summed E-state index contributed by atoms with van der Waals surface area (Å²) in [5, 5.41) is 8.69. The van der Waals surface area contributed by atoms with Crippen molar-refractivity contribution in [2.45, 2.75) is 5.92 Å². The molecule has 0 radical (unpaired) electrons. The Morgan fingerprint density at radius 2 is 1.82 bits per heavy atom. The molecule has 3 rings (SSSR count).